The number of alkyl halides is 2. The van der Waals surface area contributed by atoms with Crippen molar-refractivity contribution in [1.29, 1.82) is 0 Å². The lowest BCUT2D eigenvalue weighted by molar-refractivity contribution is -0.0821. The van der Waals surface area contributed by atoms with Gasteiger partial charge in [0.2, 0.25) is 0 Å². The van der Waals surface area contributed by atoms with E-state index in [1.54, 1.807) is 0 Å². The molecule has 0 saturated carbocycles. The van der Waals surface area contributed by atoms with Gasteiger partial charge in [-0.2, -0.15) is 8.78 Å². The second-order valence-corrected chi connectivity index (χ2v) is 3.66. The fourth-order valence-electron chi connectivity index (χ4n) is 1.21. The van der Waals surface area contributed by atoms with Gasteiger partial charge in [0.05, 0.1) is 6.61 Å². The number of hydrogen-bond donors (Lipinski definition) is 2. The zero-order valence-corrected chi connectivity index (χ0v) is 9.74. The van der Waals surface area contributed by atoms with Gasteiger partial charge in [0.25, 0.3) is 0 Å². The molecule has 0 atom stereocenters. The first-order valence-corrected chi connectivity index (χ1v) is 5.16. The van der Waals surface area contributed by atoms with Crippen LogP contribution in [0.3, 0.4) is 0 Å². The Morgan fingerprint density at radius 3 is 2.63 bits per heavy atom. The van der Waals surface area contributed by atoms with Crippen LogP contribution in [-0.2, 0) is 11.3 Å². The first kappa shape index (κ1) is 15.1. The Labute approximate surface area is 106 Å². The van der Waals surface area contributed by atoms with Gasteiger partial charge in [0.1, 0.15) is 11.6 Å². The first-order valence-electron chi connectivity index (χ1n) is 5.16. The molecule has 0 aliphatic heterocycles. The highest BCUT2D eigenvalue weighted by Gasteiger charge is 2.32. The highest BCUT2D eigenvalue weighted by molar-refractivity contribution is 5.64. The lowest BCUT2D eigenvalue weighted by Gasteiger charge is -2.17. The van der Waals surface area contributed by atoms with Crippen molar-refractivity contribution in [2.45, 2.75) is 12.5 Å². The fraction of sp³-hybridized carbons (Fsp3) is 0.364. The lowest BCUT2D eigenvalue weighted by Crippen LogP contribution is -2.33. The van der Waals surface area contributed by atoms with E-state index in [9.17, 15) is 18.0 Å². The predicted molar refractivity (Wildman–Crippen MR) is 58.3 cm³/mol. The summed E-state index contributed by atoms with van der Waals surface area (Å²) in [5.41, 5.74) is 4.59. The van der Waals surface area contributed by atoms with Gasteiger partial charge in [-0.3, -0.25) is 0 Å². The van der Waals surface area contributed by atoms with Crippen molar-refractivity contribution in [1.82, 2.24) is 0 Å². The minimum atomic E-state index is -3.45. The van der Waals surface area contributed by atoms with E-state index in [1.807, 2.05) is 0 Å². The summed E-state index contributed by atoms with van der Waals surface area (Å²) in [4.78, 5) is 10.2. The number of nitrogens with two attached hydrogens (primary N) is 1. The zero-order valence-electron chi connectivity index (χ0n) is 9.74. The predicted octanol–water partition coefficient (Wildman–Crippen LogP) is 1.43. The average molecular weight is 279 g/mol. The summed E-state index contributed by atoms with van der Waals surface area (Å²) in [5.74, 6) is -4.15. The molecule has 0 aliphatic carbocycles. The van der Waals surface area contributed by atoms with Crippen LogP contribution in [0.4, 0.5) is 18.0 Å². The van der Waals surface area contributed by atoms with Crippen LogP contribution in [0.25, 0.3) is 0 Å². The summed E-state index contributed by atoms with van der Waals surface area (Å²) in [6, 6.07) is 3.09. The number of hydrogen-bond acceptors (Lipinski definition) is 4. The third-order valence-electron chi connectivity index (χ3n) is 2.06. The van der Waals surface area contributed by atoms with Gasteiger partial charge < -0.3 is 20.3 Å². The van der Waals surface area contributed by atoms with Crippen LogP contribution >= 0.6 is 0 Å². The van der Waals surface area contributed by atoms with Gasteiger partial charge in [0, 0.05) is 5.56 Å². The third kappa shape index (κ3) is 5.04. The molecule has 8 heteroatoms. The molecule has 0 unspecified atom stereocenters. The van der Waals surface area contributed by atoms with Gasteiger partial charge in [-0.25, -0.2) is 9.18 Å². The molecule has 19 heavy (non-hydrogen) atoms. The number of rotatable bonds is 6. The Morgan fingerprint density at radius 2 is 2.05 bits per heavy atom. The SMILES string of the molecule is NC(=O)OCC(F)(F)COc1ccc(F)cc1CO. The van der Waals surface area contributed by atoms with E-state index in [4.69, 9.17) is 9.84 Å². The molecule has 1 amide bonds. The molecule has 0 saturated heterocycles. The van der Waals surface area contributed by atoms with Crippen molar-refractivity contribution in [2.75, 3.05) is 13.2 Å². The summed E-state index contributed by atoms with van der Waals surface area (Å²) >= 11 is 0. The largest absolute Gasteiger partial charge is 0.487 e. The smallest absolute Gasteiger partial charge is 0.404 e. The molecule has 0 aromatic heterocycles. The summed E-state index contributed by atoms with van der Waals surface area (Å²) < 4.78 is 48.0. The topological polar surface area (TPSA) is 81.8 Å². The molecule has 1 aromatic carbocycles. The summed E-state index contributed by atoms with van der Waals surface area (Å²) in [7, 11) is 0. The van der Waals surface area contributed by atoms with Gasteiger partial charge >= 0.3 is 12.0 Å². The van der Waals surface area contributed by atoms with Crippen LogP contribution in [0.15, 0.2) is 18.2 Å². The van der Waals surface area contributed by atoms with Crippen LogP contribution in [0.2, 0.25) is 0 Å². The Bertz CT molecular complexity index is 454. The average Bonchev–Trinajstić information content (AvgIpc) is 2.35. The summed E-state index contributed by atoms with van der Waals surface area (Å²) in [6.45, 7) is -2.88. The zero-order chi connectivity index (χ0) is 14.5. The Balaban J connectivity index is 2.63. The normalized spacial score (nSPS) is 11.2. The lowest BCUT2D eigenvalue weighted by atomic mass is 10.2. The van der Waals surface area contributed by atoms with E-state index in [2.05, 4.69) is 10.5 Å². The van der Waals surface area contributed by atoms with E-state index >= 15 is 0 Å². The fourth-order valence-corrected chi connectivity index (χ4v) is 1.21. The maximum atomic E-state index is 13.2. The number of amides is 1. The van der Waals surface area contributed by atoms with Crippen molar-refractivity contribution in [3.63, 3.8) is 0 Å². The van der Waals surface area contributed by atoms with Crippen LogP contribution in [0.5, 0.6) is 5.75 Å². The molecule has 0 fully saturated rings. The number of aliphatic hydroxyl groups is 1. The highest BCUT2D eigenvalue weighted by Crippen LogP contribution is 2.22. The third-order valence-corrected chi connectivity index (χ3v) is 2.06. The number of aliphatic hydroxyl groups excluding tert-OH is 1. The Kier molecular flexibility index (Phi) is 4.99. The van der Waals surface area contributed by atoms with Crippen LogP contribution < -0.4 is 10.5 Å². The molecule has 5 nitrogen and oxygen atoms in total. The second-order valence-electron chi connectivity index (χ2n) is 3.66. The number of ether oxygens (including phenoxy) is 2. The van der Waals surface area contributed by atoms with Crippen LogP contribution in [-0.4, -0.2) is 30.3 Å². The molecule has 0 bridgehead atoms. The first-order chi connectivity index (χ1) is 8.84. The second kappa shape index (κ2) is 6.28. The standard InChI is InChI=1S/C11H12F3NO4/c12-8-1-2-9(7(3-8)4-16)18-5-11(13,14)6-19-10(15)17/h1-3,16H,4-6H2,(H2,15,17). The maximum Gasteiger partial charge on any atom is 0.404 e. The summed E-state index contributed by atoms with van der Waals surface area (Å²) in [6.07, 6.45) is -1.32. The molecular formula is C11H12F3NO4. The molecule has 0 spiro atoms. The molecule has 1 rings (SSSR count). The van der Waals surface area contributed by atoms with Gasteiger partial charge in [-0.15, -0.1) is 0 Å². The highest BCUT2D eigenvalue weighted by atomic mass is 19.3. The van der Waals surface area contributed by atoms with E-state index in [0.717, 1.165) is 18.2 Å². The van der Waals surface area contributed by atoms with Gasteiger partial charge in [0.15, 0.2) is 13.2 Å². The minimum absolute atomic E-state index is 0.0339. The number of carbonyl (C=O) groups excluding carboxylic acids is 1. The number of primary amides is 1. The van der Waals surface area contributed by atoms with E-state index < -0.39 is 37.7 Å². The Morgan fingerprint density at radius 1 is 1.37 bits per heavy atom. The van der Waals surface area contributed by atoms with Crippen LogP contribution in [0.1, 0.15) is 5.56 Å². The van der Waals surface area contributed by atoms with E-state index in [-0.39, 0.29) is 11.3 Å². The molecule has 0 heterocycles. The van der Waals surface area contributed by atoms with Crippen molar-refractivity contribution in [2.24, 2.45) is 5.73 Å². The molecular weight excluding hydrogens is 267 g/mol. The molecule has 3 N–H and O–H groups in total. The summed E-state index contributed by atoms with van der Waals surface area (Å²) in [5, 5.41) is 8.93. The van der Waals surface area contributed by atoms with Gasteiger partial charge in [-0.1, -0.05) is 0 Å². The van der Waals surface area contributed by atoms with Gasteiger partial charge in [-0.05, 0) is 18.2 Å². The van der Waals surface area contributed by atoms with E-state index in [1.165, 1.54) is 0 Å². The number of benzene rings is 1. The number of carbonyl (C=O) groups is 1. The molecule has 0 radical (unpaired) electrons. The molecule has 1 aromatic rings. The molecule has 0 aliphatic rings. The van der Waals surface area contributed by atoms with Crippen LogP contribution in [0, 0.1) is 5.82 Å². The van der Waals surface area contributed by atoms with Crippen molar-refractivity contribution in [3.05, 3.63) is 29.6 Å². The van der Waals surface area contributed by atoms with Crippen molar-refractivity contribution < 1.29 is 32.5 Å². The monoisotopic (exact) mass is 279 g/mol. The van der Waals surface area contributed by atoms with E-state index in [0.29, 0.717) is 0 Å². The molecule has 106 valence electrons. The van der Waals surface area contributed by atoms with Crippen molar-refractivity contribution in [3.8, 4) is 5.75 Å². The number of halogens is 3. The quantitative estimate of drug-likeness (QED) is 0.825. The Hall–Kier alpha value is -1.96. The minimum Gasteiger partial charge on any atom is -0.487 e. The maximum absolute atomic E-state index is 13.2. The van der Waals surface area contributed by atoms with Crippen molar-refractivity contribution >= 4 is 6.09 Å².